The molecule has 0 saturated heterocycles. The average Bonchev–Trinajstić information content (AvgIpc) is 2.71. The van der Waals surface area contributed by atoms with Gasteiger partial charge in [-0.2, -0.15) is 0 Å². The zero-order valence-corrected chi connectivity index (χ0v) is 16.5. The molecule has 25 heavy (non-hydrogen) atoms. The molecule has 1 aliphatic rings. The Bertz CT molecular complexity index is 584. The first-order valence-electron chi connectivity index (χ1n) is 8.00. The molecular weight excluding hydrogens is 363 g/mol. The fourth-order valence-corrected chi connectivity index (χ4v) is 2.60. The molecule has 1 heterocycles. The van der Waals surface area contributed by atoms with E-state index in [-0.39, 0.29) is 49.1 Å². The van der Waals surface area contributed by atoms with Crippen molar-refractivity contribution in [2.75, 3.05) is 31.6 Å². The molecule has 6 nitrogen and oxygen atoms in total. The minimum atomic E-state index is -0.584. The number of carbonyl (C=O) groups excluding carboxylic acids is 2. The quantitative estimate of drug-likeness (QED) is 0.814. The number of rotatable bonds is 4. The Labute approximate surface area is 161 Å². The minimum absolute atomic E-state index is 0. The number of hydrogen-bond donors (Lipinski definition) is 2. The lowest BCUT2D eigenvalue weighted by Crippen LogP contribution is -2.48. The van der Waals surface area contributed by atoms with Crippen LogP contribution < -0.4 is 16.0 Å². The topological polar surface area (TPSA) is 78.7 Å². The number of likely N-dealkylation sites (N-methyl/N-ethyl adjacent to an activating group) is 1. The van der Waals surface area contributed by atoms with Crippen LogP contribution in [0, 0.1) is 5.92 Å². The van der Waals surface area contributed by atoms with E-state index in [2.05, 4.69) is 16.3 Å². The molecule has 0 bridgehead atoms. The lowest BCUT2D eigenvalue weighted by molar-refractivity contribution is -0.133. The Hall–Kier alpha value is -1.50. The number of halogens is 2. The average molecular weight is 391 g/mol. The summed E-state index contributed by atoms with van der Waals surface area (Å²) in [6.45, 7) is 5.72. The molecule has 142 valence electrons. The van der Waals surface area contributed by atoms with Crippen LogP contribution in [0.15, 0.2) is 24.3 Å². The van der Waals surface area contributed by atoms with E-state index in [1.807, 2.05) is 39.1 Å². The van der Waals surface area contributed by atoms with Gasteiger partial charge in [0.05, 0.1) is 12.6 Å². The number of para-hydroxylation sites is 1. The number of nitrogens with zero attached hydrogens (tertiary/aromatic N) is 2. The standard InChI is InChI=1S/C17H26N4O2.2ClH/c1-12(2)16(18)17(23)19-10-15(22)21-9-8-20(3)14-7-5-4-6-13(14)11-21;;/h4-7,12,16H,8-11,18H2,1-3H3,(H,19,23);2*1H/t16-;;/m0../s1. The van der Waals surface area contributed by atoms with Gasteiger partial charge in [0.25, 0.3) is 0 Å². The second kappa shape index (κ2) is 10.5. The number of nitrogens with one attached hydrogen (secondary N) is 1. The molecule has 3 N–H and O–H groups in total. The summed E-state index contributed by atoms with van der Waals surface area (Å²) in [6, 6.07) is 7.49. The first kappa shape index (κ1) is 23.5. The summed E-state index contributed by atoms with van der Waals surface area (Å²) in [4.78, 5) is 28.2. The number of hydrogen-bond acceptors (Lipinski definition) is 4. The molecule has 0 radical (unpaired) electrons. The summed E-state index contributed by atoms with van der Waals surface area (Å²) in [5.74, 6) is -0.316. The van der Waals surface area contributed by atoms with Gasteiger partial charge in [0.15, 0.2) is 0 Å². The van der Waals surface area contributed by atoms with E-state index in [4.69, 9.17) is 5.73 Å². The summed E-state index contributed by atoms with van der Waals surface area (Å²) in [7, 11) is 2.02. The molecule has 0 aliphatic carbocycles. The summed E-state index contributed by atoms with van der Waals surface area (Å²) in [5, 5.41) is 2.65. The van der Waals surface area contributed by atoms with Crippen molar-refractivity contribution in [1.82, 2.24) is 10.2 Å². The molecule has 2 amide bonds. The number of carbonyl (C=O) groups is 2. The predicted molar refractivity (Wildman–Crippen MR) is 105 cm³/mol. The first-order chi connectivity index (χ1) is 10.9. The van der Waals surface area contributed by atoms with E-state index in [1.165, 1.54) is 0 Å². The van der Waals surface area contributed by atoms with Gasteiger partial charge in [-0.05, 0) is 17.5 Å². The van der Waals surface area contributed by atoms with E-state index < -0.39 is 6.04 Å². The Morgan fingerprint density at radius 2 is 1.84 bits per heavy atom. The molecule has 1 atom stereocenters. The maximum Gasteiger partial charge on any atom is 0.242 e. The van der Waals surface area contributed by atoms with E-state index in [9.17, 15) is 9.59 Å². The van der Waals surface area contributed by atoms with Crippen molar-refractivity contribution in [3.8, 4) is 0 Å². The van der Waals surface area contributed by atoms with Gasteiger partial charge in [0.1, 0.15) is 0 Å². The highest BCUT2D eigenvalue weighted by atomic mass is 35.5. The van der Waals surface area contributed by atoms with Gasteiger partial charge in [-0.25, -0.2) is 0 Å². The van der Waals surface area contributed by atoms with E-state index in [0.29, 0.717) is 13.1 Å². The summed E-state index contributed by atoms with van der Waals surface area (Å²) < 4.78 is 0. The van der Waals surface area contributed by atoms with Gasteiger partial charge in [0.2, 0.25) is 11.8 Å². The molecule has 0 fully saturated rings. The van der Waals surface area contributed by atoms with Crippen LogP contribution in [0.4, 0.5) is 5.69 Å². The number of nitrogens with two attached hydrogens (primary N) is 1. The minimum Gasteiger partial charge on any atom is -0.373 e. The van der Waals surface area contributed by atoms with Crippen molar-refractivity contribution in [3.05, 3.63) is 29.8 Å². The van der Waals surface area contributed by atoms with Crippen molar-refractivity contribution in [3.63, 3.8) is 0 Å². The zero-order valence-electron chi connectivity index (χ0n) is 14.9. The predicted octanol–water partition coefficient (Wildman–Crippen LogP) is 1.41. The largest absolute Gasteiger partial charge is 0.373 e. The fourth-order valence-electron chi connectivity index (χ4n) is 2.60. The highest BCUT2D eigenvalue weighted by molar-refractivity contribution is 5.87. The Balaban J connectivity index is 0.00000288. The number of fused-ring (bicyclic) bond motifs is 1. The van der Waals surface area contributed by atoms with Crippen LogP contribution >= 0.6 is 24.8 Å². The maximum absolute atomic E-state index is 12.4. The summed E-state index contributed by atoms with van der Waals surface area (Å²) >= 11 is 0. The first-order valence-corrected chi connectivity index (χ1v) is 8.00. The molecule has 1 aliphatic heterocycles. The van der Waals surface area contributed by atoms with Crippen molar-refractivity contribution in [2.45, 2.75) is 26.4 Å². The molecule has 1 aromatic carbocycles. The summed E-state index contributed by atoms with van der Waals surface area (Å²) in [5.41, 5.74) is 8.05. The molecule has 0 aromatic heterocycles. The Morgan fingerprint density at radius 1 is 1.20 bits per heavy atom. The van der Waals surface area contributed by atoms with Gasteiger partial charge in [0, 0.05) is 32.4 Å². The van der Waals surface area contributed by atoms with Crippen LogP contribution in [0.1, 0.15) is 19.4 Å². The van der Waals surface area contributed by atoms with Crippen LogP contribution in [0.2, 0.25) is 0 Å². The Kier molecular flexibility index (Phi) is 9.85. The van der Waals surface area contributed by atoms with Crippen molar-refractivity contribution < 1.29 is 9.59 Å². The SMILES string of the molecule is CC(C)[C@H](N)C(=O)NCC(=O)N1CCN(C)c2ccccc2C1.Cl.Cl. The molecule has 0 unspecified atom stereocenters. The molecule has 1 aromatic rings. The third-order valence-corrected chi connectivity index (χ3v) is 4.26. The van der Waals surface area contributed by atoms with Gasteiger partial charge in [-0.15, -0.1) is 24.8 Å². The van der Waals surface area contributed by atoms with Crippen LogP contribution in [0.25, 0.3) is 0 Å². The second-order valence-corrected chi connectivity index (χ2v) is 6.35. The molecule has 2 rings (SSSR count). The van der Waals surface area contributed by atoms with Crippen LogP contribution in [-0.4, -0.2) is 49.4 Å². The van der Waals surface area contributed by atoms with E-state index >= 15 is 0 Å². The Morgan fingerprint density at radius 3 is 2.48 bits per heavy atom. The monoisotopic (exact) mass is 390 g/mol. The highest BCUT2D eigenvalue weighted by Crippen LogP contribution is 2.23. The van der Waals surface area contributed by atoms with Crippen LogP contribution in [0.5, 0.6) is 0 Å². The number of benzene rings is 1. The molecular formula is C17H28Cl2N4O2. The number of amides is 2. The second-order valence-electron chi connectivity index (χ2n) is 6.35. The third-order valence-electron chi connectivity index (χ3n) is 4.26. The highest BCUT2D eigenvalue weighted by Gasteiger charge is 2.23. The van der Waals surface area contributed by atoms with Gasteiger partial charge >= 0.3 is 0 Å². The molecule has 8 heteroatoms. The van der Waals surface area contributed by atoms with Crippen LogP contribution in [-0.2, 0) is 16.1 Å². The third kappa shape index (κ3) is 6.06. The van der Waals surface area contributed by atoms with Crippen molar-refractivity contribution in [2.24, 2.45) is 11.7 Å². The van der Waals surface area contributed by atoms with Crippen LogP contribution in [0.3, 0.4) is 0 Å². The summed E-state index contributed by atoms with van der Waals surface area (Å²) in [6.07, 6.45) is 0. The van der Waals surface area contributed by atoms with Crippen molar-refractivity contribution in [1.29, 1.82) is 0 Å². The van der Waals surface area contributed by atoms with Gasteiger partial charge < -0.3 is 20.9 Å². The zero-order chi connectivity index (χ0) is 17.0. The smallest absolute Gasteiger partial charge is 0.242 e. The van der Waals surface area contributed by atoms with E-state index in [1.54, 1.807) is 4.90 Å². The van der Waals surface area contributed by atoms with E-state index in [0.717, 1.165) is 17.8 Å². The lowest BCUT2D eigenvalue weighted by atomic mass is 10.1. The lowest BCUT2D eigenvalue weighted by Gasteiger charge is -2.22. The van der Waals surface area contributed by atoms with Gasteiger partial charge in [-0.3, -0.25) is 9.59 Å². The number of anilines is 1. The molecule has 0 spiro atoms. The normalized spacial score (nSPS) is 14.6. The fraction of sp³-hybridized carbons (Fsp3) is 0.529. The molecule has 0 saturated carbocycles. The van der Waals surface area contributed by atoms with Crippen molar-refractivity contribution >= 4 is 42.3 Å². The maximum atomic E-state index is 12.4. The van der Waals surface area contributed by atoms with Gasteiger partial charge in [-0.1, -0.05) is 32.0 Å².